The Morgan fingerprint density at radius 3 is 2.58 bits per heavy atom. The number of aromatic nitrogens is 3. The van der Waals surface area contributed by atoms with Crippen molar-refractivity contribution in [1.29, 1.82) is 5.26 Å². The number of benzene rings is 1. The van der Waals surface area contributed by atoms with Crippen LogP contribution in [0.1, 0.15) is 54.8 Å². The lowest BCUT2D eigenvalue weighted by atomic mass is 9.78. The summed E-state index contributed by atoms with van der Waals surface area (Å²) in [5.74, 6) is -0.162. The predicted octanol–water partition coefficient (Wildman–Crippen LogP) is 5.81. The van der Waals surface area contributed by atoms with Crippen molar-refractivity contribution in [1.82, 2.24) is 19.9 Å². The second kappa shape index (κ2) is 11.1. The molecule has 3 heterocycles. The van der Waals surface area contributed by atoms with Gasteiger partial charge in [0.15, 0.2) is 0 Å². The van der Waals surface area contributed by atoms with Crippen molar-refractivity contribution in [2.75, 3.05) is 18.4 Å². The van der Waals surface area contributed by atoms with E-state index in [1.807, 2.05) is 17.9 Å². The van der Waals surface area contributed by atoms with E-state index in [2.05, 4.69) is 26.3 Å². The summed E-state index contributed by atoms with van der Waals surface area (Å²) in [6.45, 7) is 3.10. The van der Waals surface area contributed by atoms with Crippen LogP contribution in [0.3, 0.4) is 0 Å². The normalized spacial score (nSPS) is 22.1. The van der Waals surface area contributed by atoms with Gasteiger partial charge in [0.1, 0.15) is 16.3 Å². The van der Waals surface area contributed by atoms with Gasteiger partial charge < -0.3 is 15.3 Å². The number of nitrogens with zero attached hydrogens (tertiary/aromatic N) is 5. The first kappa shape index (κ1) is 28.0. The quantitative estimate of drug-likeness (QED) is 0.398. The lowest BCUT2D eigenvalue weighted by Gasteiger charge is -2.37. The smallest absolute Gasteiger partial charge is 0.383 e. The summed E-state index contributed by atoms with van der Waals surface area (Å²) in [4.78, 5) is 27.7. The first-order valence-corrected chi connectivity index (χ1v) is 14.0. The zero-order chi connectivity index (χ0) is 28.5. The molecule has 40 heavy (non-hydrogen) atoms. The number of anilines is 2. The minimum atomic E-state index is -4.57. The Hall–Kier alpha value is -3.56. The van der Waals surface area contributed by atoms with Gasteiger partial charge in [0.2, 0.25) is 11.9 Å². The van der Waals surface area contributed by atoms with Crippen molar-refractivity contribution in [2.24, 2.45) is 11.8 Å². The van der Waals surface area contributed by atoms with Crippen LogP contribution >= 0.6 is 11.3 Å². The summed E-state index contributed by atoms with van der Waals surface area (Å²) >= 11 is 1.37. The lowest BCUT2D eigenvalue weighted by Crippen LogP contribution is -2.44. The van der Waals surface area contributed by atoms with Crippen LogP contribution < -0.4 is 5.32 Å². The van der Waals surface area contributed by atoms with Crippen LogP contribution in [-0.4, -0.2) is 44.0 Å². The number of aliphatic hydroxyl groups is 1. The van der Waals surface area contributed by atoms with Gasteiger partial charge in [0, 0.05) is 43.0 Å². The van der Waals surface area contributed by atoms with E-state index in [0.717, 1.165) is 28.3 Å². The Morgan fingerprint density at radius 1 is 1.18 bits per heavy atom. The average molecular weight is 571 g/mol. The van der Waals surface area contributed by atoms with E-state index in [0.29, 0.717) is 62.3 Å². The molecule has 0 unspecified atom stereocenters. The first-order chi connectivity index (χ1) is 19.0. The summed E-state index contributed by atoms with van der Waals surface area (Å²) in [6.07, 6.45) is 1.59. The average Bonchev–Trinajstić information content (AvgIpc) is 3.44. The van der Waals surface area contributed by atoms with Crippen LogP contribution in [0.15, 0.2) is 36.7 Å². The molecular weight excluding hydrogens is 541 g/mol. The Kier molecular flexibility index (Phi) is 7.79. The van der Waals surface area contributed by atoms with Crippen LogP contribution in [0.4, 0.5) is 24.8 Å². The van der Waals surface area contributed by atoms with Crippen LogP contribution in [0.25, 0.3) is 10.4 Å². The third kappa shape index (κ3) is 6.10. The third-order valence-corrected chi connectivity index (χ3v) is 8.86. The molecule has 2 aliphatic rings. The summed E-state index contributed by atoms with van der Waals surface area (Å²) < 4.78 is 39.1. The molecular formula is C28H29F3N6O2S. The standard InChI is InChI=1S/C28H29F3N6O2S/c1-17-12-20(14-21(13-17)35-26-33-9-4-23(36-26)28(29,30)31)22-16-34-25(40-22)27(39)7-2-19(3-8-27)24(38)37-10-5-18(15-32)6-11-37/h4,9,12-14,16,18-19,39H,2-3,5-8,10-11H2,1H3,(H,33,35,36). The van der Waals surface area contributed by atoms with Gasteiger partial charge in [-0.15, -0.1) is 11.3 Å². The molecule has 1 aromatic carbocycles. The van der Waals surface area contributed by atoms with Gasteiger partial charge in [-0.05, 0) is 74.8 Å². The molecule has 12 heteroatoms. The van der Waals surface area contributed by atoms with Gasteiger partial charge >= 0.3 is 6.18 Å². The number of amides is 1. The van der Waals surface area contributed by atoms with Crippen molar-refractivity contribution in [2.45, 2.75) is 57.2 Å². The Balaban J connectivity index is 1.26. The van der Waals surface area contributed by atoms with Gasteiger partial charge in [-0.3, -0.25) is 4.79 Å². The number of piperidine rings is 1. The number of alkyl halides is 3. The van der Waals surface area contributed by atoms with E-state index in [-0.39, 0.29) is 23.7 Å². The number of nitriles is 1. The van der Waals surface area contributed by atoms with Crippen LogP contribution in [0, 0.1) is 30.1 Å². The highest BCUT2D eigenvalue weighted by molar-refractivity contribution is 7.15. The van der Waals surface area contributed by atoms with E-state index in [4.69, 9.17) is 5.26 Å². The number of hydrogen-bond donors (Lipinski definition) is 2. The topological polar surface area (TPSA) is 115 Å². The molecule has 0 radical (unpaired) electrons. The lowest BCUT2D eigenvalue weighted by molar-refractivity contribution is -0.141. The highest BCUT2D eigenvalue weighted by Gasteiger charge is 2.41. The number of likely N-dealkylation sites (tertiary alicyclic amines) is 1. The molecule has 8 nitrogen and oxygen atoms in total. The van der Waals surface area contributed by atoms with Crippen LogP contribution in [0.2, 0.25) is 0 Å². The number of carbonyl (C=O) groups is 1. The number of nitrogens with one attached hydrogen (secondary N) is 1. The van der Waals surface area contributed by atoms with Crippen LogP contribution in [-0.2, 0) is 16.6 Å². The van der Waals surface area contributed by atoms with Crippen molar-refractivity contribution in [3.63, 3.8) is 0 Å². The van der Waals surface area contributed by atoms with Gasteiger partial charge in [0.05, 0.1) is 10.9 Å². The zero-order valence-corrected chi connectivity index (χ0v) is 22.7. The summed E-state index contributed by atoms with van der Waals surface area (Å²) in [5, 5.41) is 24.0. The fourth-order valence-corrected chi connectivity index (χ4v) is 6.42. The van der Waals surface area contributed by atoms with Gasteiger partial charge in [-0.25, -0.2) is 15.0 Å². The highest BCUT2D eigenvalue weighted by Crippen LogP contribution is 2.43. The fourth-order valence-electron chi connectivity index (χ4n) is 5.37. The minimum absolute atomic E-state index is 0.0220. The zero-order valence-electron chi connectivity index (χ0n) is 21.9. The largest absolute Gasteiger partial charge is 0.433 e. The minimum Gasteiger partial charge on any atom is -0.383 e. The Bertz CT molecular complexity index is 1420. The second-order valence-corrected chi connectivity index (χ2v) is 11.6. The van der Waals surface area contributed by atoms with E-state index in [9.17, 15) is 23.1 Å². The number of hydrogen-bond acceptors (Lipinski definition) is 8. The summed E-state index contributed by atoms with van der Waals surface area (Å²) in [6, 6.07) is 8.60. The maximum atomic E-state index is 13.0. The third-order valence-electron chi connectivity index (χ3n) is 7.62. The molecule has 1 aliphatic heterocycles. The molecule has 1 amide bonds. The van der Waals surface area contributed by atoms with Crippen molar-refractivity contribution in [3.05, 3.63) is 52.9 Å². The number of halogens is 3. The molecule has 0 spiro atoms. The van der Waals surface area contributed by atoms with E-state index < -0.39 is 17.5 Å². The SMILES string of the molecule is Cc1cc(Nc2nccc(C(F)(F)F)n2)cc(-c2cnc(C3(O)CCC(C(=O)N4CCC(C#N)CC4)CC3)s2)c1. The summed E-state index contributed by atoms with van der Waals surface area (Å²) in [5.41, 5.74) is 0.0496. The molecule has 210 valence electrons. The molecule has 1 saturated carbocycles. The monoisotopic (exact) mass is 570 g/mol. The molecule has 2 N–H and O–H groups in total. The number of carbonyl (C=O) groups excluding carboxylic acids is 1. The molecule has 3 aromatic rings. The molecule has 0 atom stereocenters. The van der Waals surface area contributed by atoms with Gasteiger partial charge in [-0.2, -0.15) is 18.4 Å². The summed E-state index contributed by atoms with van der Waals surface area (Å²) in [7, 11) is 0. The Morgan fingerprint density at radius 2 is 1.90 bits per heavy atom. The first-order valence-electron chi connectivity index (χ1n) is 13.2. The van der Waals surface area contributed by atoms with E-state index in [1.165, 1.54) is 11.3 Å². The Labute approximate surface area is 233 Å². The molecule has 1 saturated heterocycles. The van der Waals surface area contributed by atoms with Crippen LogP contribution in [0.5, 0.6) is 0 Å². The molecule has 1 aliphatic carbocycles. The number of rotatable bonds is 5. The van der Waals surface area contributed by atoms with Gasteiger partial charge in [-0.1, -0.05) is 6.07 Å². The van der Waals surface area contributed by atoms with Crippen molar-refractivity contribution >= 4 is 28.9 Å². The van der Waals surface area contributed by atoms with E-state index >= 15 is 0 Å². The number of aryl methyl sites for hydroxylation is 1. The fraction of sp³-hybridized carbons (Fsp3) is 0.464. The molecule has 2 aromatic heterocycles. The maximum Gasteiger partial charge on any atom is 0.433 e. The molecule has 5 rings (SSSR count). The maximum absolute atomic E-state index is 13.0. The van der Waals surface area contributed by atoms with Gasteiger partial charge in [0.25, 0.3) is 0 Å². The number of thiazole rings is 1. The predicted molar refractivity (Wildman–Crippen MR) is 143 cm³/mol. The molecule has 2 fully saturated rings. The molecule has 0 bridgehead atoms. The van der Waals surface area contributed by atoms with E-state index in [1.54, 1.807) is 18.3 Å². The second-order valence-electron chi connectivity index (χ2n) is 10.5. The van der Waals surface area contributed by atoms with Crippen molar-refractivity contribution < 1.29 is 23.1 Å². The highest BCUT2D eigenvalue weighted by atomic mass is 32.1. The van der Waals surface area contributed by atoms with Crippen molar-refractivity contribution in [3.8, 4) is 16.5 Å².